The van der Waals surface area contributed by atoms with Crippen LogP contribution in [-0.2, 0) is 0 Å². The second kappa shape index (κ2) is 4.76. The maximum atomic E-state index is 6.14. The van der Waals surface area contributed by atoms with Crippen molar-refractivity contribution in [2.75, 3.05) is 11.1 Å². The van der Waals surface area contributed by atoms with Crippen molar-refractivity contribution in [1.82, 2.24) is 25.0 Å². The SMILES string of the molecule is CC(C)Nc1ncnc(-n2nnc3ccccc32)c1N. The van der Waals surface area contributed by atoms with Crippen molar-refractivity contribution in [1.29, 1.82) is 0 Å². The van der Waals surface area contributed by atoms with Crippen molar-refractivity contribution < 1.29 is 0 Å². The highest BCUT2D eigenvalue weighted by molar-refractivity contribution is 5.78. The Labute approximate surface area is 115 Å². The van der Waals surface area contributed by atoms with E-state index in [0.717, 1.165) is 11.0 Å². The van der Waals surface area contributed by atoms with Crippen LogP contribution in [0.2, 0.25) is 0 Å². The van der Waals surface area contributed by atoms with E-state index >= 15 is 0 Å². The quantitative estimate of drug-likeness (QED) is 0.750. The average molecular weight is 269 g/mol. The number of aromatic nitrogens is 5. The van der Waals surface area contributed by atoms with Gasteiger partial charge in [-0.3, -0.25) is 0 Å². The summed E-state index contributed by atoms with van der Waals surface area (Å²) in [5.74, 6) is 1.13. The molecule has 3 rings (SSSR count). The van der Waals surface area contributed by atoms with Crippen molar-refractivity contribution in [2.45, 2.75) is 19.9 Å². The molecule has 0 radical (unpaired) electrons. The third-order valence-corrected chi connectivity index (χ3v) is 2.84. The second-order valence-corrected chi connectivity index (χ2v) is 4.75. The van der Waals surface area contributed by atoms with Gasteiger partial charge in [0.1, 0.15) is 17.5 Å². The molecule has 3 N–H and O–H groups in total. The first-order valence-electron chi connectivity index (χ1n) is 6.34. The van der Waals surface area contributed by atoms with Gasteiger partial charge in [0.2, 0.25) is 0 Å². The predicted octanol–water partition coefficient (Wildman–Crippen LogP) is 1.61. The first-order valence-corrected chi connectivity index (χ1v) is 6.34. The summed E-state index contributed by atoms with van der Waals surface area (Å²) >= 11 is 0. The maximum Gasteiger partial charge on any atom is 0.184 e. The molecule has 1 aromatic carbocycles. The number of anilines is 2. The molecule has 0 aliphatic heterocycles. The maximum absolute atomic E-state index is 6.14. The zero-order valence-electron chi connectivity index (χ0n) is 11.3. The number of nitrogens with one attached hydrogen (secondary N) is 1. The standard InChI is InChI=1S/C13H15N7/c1-8(2)17-12-11(14)13(16-7-15-12)20-10-6-4-3-5-9(10)18-19-20/h3-8H,14H2,1-2H3,(H,15,16,17). The lowest BCUT2D eigenvalue weighted by molar-refractivity contribution is 0.797. The Hall–Kier alpha value is -2.70. The predicted molar refractivity (Wildman–Crippen MR) is 77.6 cm³/mol. The van der Waals surface area contributed by atoms with Gasteiger partial charge in [0, 0.05) is 6.04 Å². The van der Waals surface area contributed by atoms with Gasteiger partial charge in [-0.25, -0.2) is 9.97 Å². The molecular weight excluding hydrogens is 254 g/mol. The van der Waals surface area contributed by atoms with Crippen molar-refractivity contribution in [3.8, 4) is 5.82 Å². The van der Waals surface area contributed by atoms with Crippen molar-refractivity contribution in [3.63, 3.8) is 0 Å². The number of benzene rings is 1. The number of para-hydroxylation sites is 1. The van der Waals surface area contributed by atoms with Crippen molar-refractivity contribution >= 4 is 22.5 Å². The van der Waals surface area contributed by atoms with Gasteiger partial charge in [0.15, 0.2) is 11.6 Å². The monoisotopic (exact) mass is 269 g/mol. The highest BCUT2D eigenvalue weighted by Crippen LogP contribution is 2.24. The largest absolute Gasteiger partial charge is 0.393 e. The molecule has 0 aliphatic carbocycles. The molecule has 102 valence electrons. The summed E-state index contributed by atoms with van der Waals surface area (Å²) in [5.41, 5.74) is 8.24. The first-order chi connectivity index (χ1) is 9.66. The highest BCUT2D eigenvalue weighted by atomic mass is 15.4. The van der Waals surface area contributed by atoms with Crippen LogP contribution >= 0.6 is 0 Å². The number of fused-ring (bicyclic) bond motifs is 1. The second-order valence-electron chi connectivity index (χ2n) is 4.75. The van der Waals surface area contributed by atoms with Gasteiger partial charge >= 0.3 is 0 Å². The molecule has 2 aromatic heterocycles. The van der Waals surface area contributed by atoms with Crippen LogP contribution in [0.4, 0.5) is 11.5 Å². The summed E-state index contributed by atoms with van der Waals surface area (Å²) in [5, 5.41) is 11.4. The zero-order chi connectivity index (χ0) is 14.1. The van der Waals surface area contributed by atoms with Crippen LogP contribution in [0.1, 0.15) is 13.8 Å². The van der Waals surface area contributed by atoms with Crippen molar-refractivity contribution in [3.05, 3.63) is 30.6 Å². The normalized spacial score (nSPS) is 11.2. The molecule has 0 amide bonds. The van der Waals surface area contributed by atoms with E-state index in [4.69, 9.17) is 5.73 Å². The molecule has 0 saturated carbocycles. The average Bonchev–Trinajstić information content (AvgIpc) is 2.85. The molecule has 2 heterocycles. The van der Waals surface area contributed by atoms with Crippen LogP contribution < -0.4 is 11.1 Å². The molecule has 0 aliphatic rings. The summed E-state index contributed by atoms with van der Waals surface area (Å²) in [4.78, 5) is 8.38. The highest BCUT2D eigenvalue weighted by Gasteiger charge is 2.14. The minimum atomic E-state index is 0.229. The Morgan fingerprint density at radius 3 is 2.80 bits per heavy atom. The van der Waals surface area contributed by atoms with E-state index in [-0.39, 0.29) is 6.04 Å². The summed E-state index contributed by atoms with van der Waals surface area (Å²) in [6.45, 7) is 4.04. The van der Waals surface area contributed by atoms with E-state index in [2.05, 4.69) is 25.6 Å². The summed E-state index contributed by atoms with van der Waals surface area (Å²) in [6, 6.07) is 7.88. The van der Waals surface area contributed by atoms with E-state index < -0.39 is 0 Å². The zero-order valence-corrected chi connectivity index (χ0v) is 11.3. The number of nitrogens with two attached hydrogens (primary N) is 1. The Morgan fingerprint density at radius 2 is 2.00 bits per heavy atom. The molecular formula is C13H15N7. The molecule has 7 heteroatoms. The molecule has 0 atom stereocenters. The van der Waals surface area contributed by atoms with E-state index in [1.54, 1.807) is 4.68 Å². The van der Waals surface area contributed by atoms with Crippen LogP contribution in [-0.4, -0.2) is 31.0 Å². The lowest BCUT2D eigenvalue weighted by atomic mass is 10.3. The number of hydrogen-bond donors (Lipinski definition) is 2. The molecule has 7 nitrogen and oxygen atoms in total. The Bertz CT molecular complexity index is 747. The van der Waals surface area contributed by atoms with E-state index in [1.165, 1.54) is 6.33 Å². The van der Waals surface area contributed by atoms with Crippen LogP contribution in [0.3, 0.4) is 0 Å². The van der Waals surface area contributed by atoms with E-state index in [1.807, 2.05) is 38.1 Å². The van der Waals surface area contributed by atoms with Crippen LogP contribution in [0.15, 0.2) is 30.6 Å². The molecule has 3 aromatic rings. The van der Waals surface area contributed by atoms with Crippen molar-refractivity contribution in [2.24, 2.45) is 0 Å². The topological polar surface area (TPSA) is 94.5 Å². The third kappa shape index (κ3) is 2.03. The fraction of sp³-hybridized carbons (Fsp3) is 0.231. The van der Waals surface area contributed by atoms with Gasteiger partial charge in [0.25, 0.3) is 0 Å². The van der Waals surface area contributed by atoms with Crippen LogP contribution in [0.5, 0.6) is 0 Å². The van der Waals surface area contributed by atoms with Gasteiger partial charge in [0.05, 0.1) is 5.52 Å². The summed E-state index contributed by atoms with van der Waals surface area (Å²) < 4.78 is 1.62. The van der Waals surface area contributed by atoms with Gasteiger partial charge in [-0.1, -0.05) is 17.3 Å². The minimum absolute atomic E-state index is 0.229. The minimum Gasteiger partial charge on any atom is -0.393 e. The molecule has 0 unspecified atom stereocenters. The lowest BCUT2D eigenvalue weighted by Gasteiger charge is -2.13. The summed E-state index contributed by atoms with van der Waals surface area (Å²) in [6.07, 6.45) is 1.47. The van der Waals surface area contributed by atoms with Gasteiger partial charge in [-0.2, -0.15) is 4.68 Å². The van der Waals surface area contributed by atoms with E-state index in [0.29, 0.717) is 17.3 Å². The first kappa shape index (κ1) is 12.3. The van der Waals surface area contributed by atoms with Gasteiger partial charge in [-0.15, -0.1) is 5.10 Å². The Balaban J connectivity index is 2.15. The number of hydrogen-bond acceptors (Lipinski definition) is 6. The number of nitrogen functional groups attached to an aromatic ring is 1. The van der Waals surface area contributed by atoms with Gasteiger partial charge < -0.3 is 11.1 Å². The fourth-order valence-corrected chi connectivity index (χ4v) is 1.97. The lowest BCUT2D eigenvalue weighted by Crippen LogP contribution is -2.15. The molecule has 0 bridgehead atoms. The van der Waals surface area contributed by atoms with E-state index in [9.17, 15) is 0 Å². The molecule has 0 spiro atoms. The fourth-order valence-electron chi connectivity index (χ4n) is 1.97. The smallest absolute Gasteiger partial charge is 0.184 e. The summed E-state index contributed by atoms with van der Waals surface area (Å²) in [7, 11) is 0. The molecule has 0 saturated heterocycles. The Morgan fingerprint density at radius 1 is 1.20 bits per heavy atom. The van der Waals surface area contributed by atoms with Crippen LogP contribution in [0.25, 0.3) is 16.9 Å². The third-order valence-electron chi connectivity index (χ3n) is 2.84. The van der Waals surface area contributed by atoms with Crippen LogP contribution in [0, 0.1) is 0 Å². The van der Waals surface area contributed by atoms with Gasteiger partial charge in [-0.05, 0) is 26.0 Å². The Kier molecular flexibility index (Phi) is 2.94. The number of rotatable bonds is 3. The molecule has 20 heavy (non-hydrogen) atoms. The number of nitrogens with zero attached hydrogens (tertiary/aromatic N) is 5. The molecule has 0 fully saturated rings.